The summed E-state index contributed by atoms with van der Waals surface area (Å²) in [6.45, 7) is 7.61. The Bertz CT molecular complexity index is 1470. The number of nitrogens with zero attached hydrogens (tertiary/aromatic N) is 2. The van der Waals surface area contributed by atoms with Crippen LogP contribution >= 0.6 is 0 Å². The Hall–Kier alpha value is -3.81. The number of aryl methyl sites for hydroxylation is 1. The van der Waals surface area contributed by atoms with E-state index >= 15 is 0 Å². The average Bonchev–Trinajstić information content (AvgIpc) is 3.39. The molecule has 10 heteroatoms. The molecule has 1 fully saturated rings. The van der Waals surface area contributed by atoms with Crippen LogP contribution in [0.3, 0.4) is 0 Å². The normalized spacial score (nSPS) is 14.8. The van der Waals surface area contributed by atoms with Gasteiger partial charge >= 0.3 is 12.2 Å². The highest BCUT2D eigenvalue weighted by molar-refractivity contribution is 7.89. The molecule has 2 heterocycles. The molecule has 0 spiro atoms. The van der Waals surface area contributed by atoms with Crippen molar-refractivity contribution in [3.8, 4) is 12.0 Å². The average molecular weight is 510 g/mol. The third-order valence-corrected chi connectivity index (χ3v) is 6.79. The molecule has 188 valence electrons. The van der Waals surface area contributed by atoms with E-state index in [-0.39, 0.29) is 18.0 Å². The first-order valence-corrected chi connectivity index (χ1v) is 12.8. The number of hydrogen-bond donors (Lipinski definition) is 1. The predicted molar refractivity (Wildman–Crippen MR) is 134 cm³/mol. The maximum Gasteiger partial charge on any atom is 0.421 e. The van der Waals surface area contributed by atoms with Crippen molar-refractivity contribution in [1.82, 2.24) is 14.2 Å². The van der Waals surface area contributed by atoms with Gasteiger partial charge in [-0.3, -0.25) is 4.57 Å². The summed E-state index contributed by atoms with van der Waals surface area (Å²) in [7, 11) is -4.00. The molecule has 1 saturated heterocycles. The van der Waals surface area contributed by atoms with Crippen LogP contribution in [0.4, 0.5) is 9.59 Å². The first-order valence-electron chi connectivity index (χ1n) is 11.3. The number of nitrogens with one attached hydrogen (secondary N) is 1. The number of fused-ring (bicyclic) bond motifs is 1. The van der Waals surface area contributed by atoms with Crippen molar-refractivity contribution in [2.75, 3.05) is 13.2 Å². The SMILES string of the molecule is Cc1ccc(S(=O)(=O)NC(C#CN2CCOC2=O)c2cn(C(=O)OC(C)(C)C)c3ccccc23)cc1. The van der Waals surface area contributed by atoms with E-state index in [0.717, 1.165) is 5.56 Å². The summed E-state index contributed by atoms with van der Waals surface area (Å²) in [5.74, 6) is 2.86. The summed E-state index contributed by atoms with van der Waals surface area (Å²) >= 11 is 0. The highest BCUT2D eigenvalue weighted by Gasteiger charge is 2.27. The Morgan fingerprint density at radius 1 is 1.14 bits per heavy atom. The van der Waals surface area contributed by atoms with Gasteiger partial charge in [-0.2, -0.15) is 4.72 Å². The number of amides is 1. The van der Waals surface area contributed by atoms with Crippen molar-refractivity contribution in [3.05, 3.63) is 65.9 Å². The zero-order valence-electron chi connectivity index (χ0n) is 20.4. The Kier molecular flexibility index (Phi) is 6.80. The lowest BCUT2D eigenvalue weighted by Crippen LogP contribution is -2.29. The van der Waals surface area contributed by atoms with Crippen LogP contribution in [0, 0.1) is 18.9 Å². The number of carbonyl (C=O) groups excluding carboxylic acids is 2. The zero-order chi connectivity index (χ0) is 26.1. The summed E-state index contributed by atoms with van der Waals surface area (Å²) in [6.07, 6.45) is 0.304. The quantitative estimate of drug-likeness (QED) is 0.529. The molecule has 0 aliphatic carbocycles. The van der Waals surface area contributed by atoms with E-state index in [1.165, 1.54) is 27.8 Å². The minimum atomic E-state index is -4.00. The third-order valence-electron chi connectivity index (χ3n) is 5.35. The molecule has 0 bridgehead atoms. The smallest absolute Gasteiger partial charge is 0.421 e. The fraction of sp³-hybridized carbons (Fsp3) is 0.308. The molecule has 1 aliphatic heterocycles. The minimum Gasteiger partial charge on any atom is -0.447 e. The molecule has 1 aromatic heterocycles. The largest absolute Gasteiger partial charge is 0.447 e. The van der Waals surface area contributed by atoms with Crippen LogP contribution in [0.25, 0.3) is 10.9 Å². The Morgan fingerprint density at radius 2 is 1.83 bits per heavy atom. The fourth-order valence-corrected chi connectivity index (χ4v) is 4.77. The van der Waals surface area contributed by atoms with Gasteiger partial charge in [0.15, 0.2) is 0 Å². The summed E-state index contributed by atoms with van der Waals surface area (Å²) in [4.78, 5) is 26.1. The van der Waals surface area contributed by atoms with Gasteiger partial charge in [0, 0.05) is 23.2 Å². The zero-order valence-corrected chi connectivity index (χ0v) is 21.3. The molecular formula is C26H27N3O6S. The van der Waals surface area contributed by atoms with Gasteiger partial charge in [-0.25, -0.2) is 22.9 Å². The monoisotopic (exact) mass is 509 g/mol. The van der Waals surface area contributed by atoms with Crippen molar-refractivity contribution in [1.29, 1.82) is 0 Å². The maximum absolute atomic E-state index is 13.3. The Labute approximate surface area is 210 Å². The lowest BCUT2D eigenvalue weighted by Gasteiger charge is -2.19. The molecule has 1 aliphatic rings. The number of hydrogen-bond acceptors (Lipinski definition) is 6. The van der Waals surface area contributed by atoms with Gasteiger partial charge in [0.1, 0.15) is 18.2 Å². The van der Waals surface area contributed by atoms with Gasteiger partial charge in [-0.05, 0) is 45.9 Å². The van der Waals surface area contributed by atoms with Crippen molar-refractivity contribution >= 4 is 33.1 Å². The molecule has 1 amide bonds. The second kappa shape index (κ2) is 9.68. The van der Waals surface area contributed by atoms with Crippen molar-refractivity contribution < 1.29 is 27.5 Å². The number of benzene rings is 2. The summed E-state index contributed by atoms with van der Waals surface area (Å²) in [5, 5.41) is 0.610. The molecule has 1 N–H and O–H groups in total. The number of carbonyl (C=O) groups is 2. The van der Waals surface area contributed by atoms with Gasteiger partial charge in [-0.15, -0.1) is 0 Å². The van der Waals surface area contributed by atoms with Crippen LogP contribution in [0.5, 0.6) is 0 Å². The highest BCUT2D eigenvalue weighted by atomic mass is 32.2. The standard InChI is InChI=1S/C26H27N3O6S/c1-18-9-11-19(12-10-18)36(32,33)27-22(13-14-28-15-16-34-24(28)30)21-17-29(25(31)35-26(2,3)4)23-8-6-5-7-20(21)23/h5-12,17,22,27H,15-16H2,1-4H3. The van der Waals surface area contributed by atoms with Gasteiger partial charge < -0.3 is 9.47 Å². The van der Waals surface area contributed by atoms with E-state index < -0.39 is 33.9 Å². The van der Waals surface area contributed by atoms with Crippen LogP contribution < -0.4 is 4.72 Å². The second-order valence-corrected chi connectivity index (χ2v) is 11.1. The second-order valence-electron chi connectivity index (χ2n) is 9.34. The van der Waals surface area contributed by atoms with E-state index in [4.69, 9.17) is 9.47 Å². The first-order chi connectivity index (χ1) is 16.9. The Morgan fingerprint density at radius 3 is 2.47 bits per heavy atom. The van der Waals surface area contributed by atoms with Crippen molar-refractivity contribution in [2.24, 2.45) is 0 Å². The van der Waals surface area contributed by atoms with E-state index in [9.17, 15) is 18.0 Å². The highest BCUT2D eigenvalue weighted by Crippen LogP contribution is 2.29. The van der Waals surface area contributed by atoms with Crippen molar-refractivity contribution in [2.45, 2.75) is 44.2 Å². The lowest BCUT2D eigenvalue weighted by molar-refractivity contribution is 0.0544. The van der Waals surface area contributed by atoms with Crippen LogP contribution in [-0.4, -0.2) is 48.8 Å². The van der Waals surface area contributed by atoms with Gasteiger partial charge in [0.05, 0.1) is 17.0 Å². The number of rotatable bonds is 4. The summed E-state index contributed by atoms with van der Waals surface area (Å²) in [6, 6.07) is 15.1. The van der Waals surface area contributed by atoms with E-state index in [1.807, 2.05) is 6.92 Å². The number of aromatic nitrogens is 1. The molecule has 9 nitrogen and oxygen atoms in total. The van der Waals surface area contributed by atoms with Crippen LogP contribution in [0.1, 0.15) is 37.9 Å². The van der Waals surface area contributed by atoms with Crippen LogP contribution in [-0.2, 0) is 19.5 Å². The molecule has 1 unspecified atom stereocenters. The number of cyclic esters (lactones) is 1. The third kappa shape index (κ3) is 5.53. The van der Waals surface area contributed by atoms with E-state index in [2.05, 4.69) is 16.7 Å². The number of para-hydroxylation sites is 1. The molecule has 2 aromatic carbocycles. The molecule has 1 atom stereocenters. The van der Waals surface area contributed by atoms with Crippen molar-refractivity contribution in [3.63, 3.8) is 0 Å². The summed E-state index contributed by atoms with van der Waals surface area (Å²) < 4.78 is 41.0. The summed E-state index contributed by atoms with van der Waals surface area (Å²) in [5.41, 5.74) is 1.15. The van der Waals surface area contributed by atoms with Crippen LogP contribution in [0.2, 0.25) is 0 Å². The Balaban J connectivity index is 1.81. The molecule has 36 heavy (non-hydrogen) atoms. The predicted octanol–water partition coefficient (Wildman–Crippen LogP) is 4.17. The maximum atomic E-state index is 13.3. The van der Waals surface area contributed by atoms with Gasteiger partial charge in [0.2, 0.25) is 10.0 Å². The number of sulfonamides is 1. The van der Waals surface area contributed by atoms with E-state index in [0.29, 0.717) is 16.5 Å². The molecule has 0 radical (unpaired) electrons. The van der Waals surface area contributed by atoms with Crippen LogP contribution in [0.15, 0.2) is 59.6 Å². The minimum absolute atomic E-state index is 0.0661. The van der Waals surface area contributed by atoms with E-state index in [1.54, 1.807) is 57.2 Å². The molecule has 0 saturated carbocycles. The molecule has 3 aromatic rings. The van der Waals surface area contributed by atoms with Gasteiger partial charge in [-0.1, -0.05) is 41.8 Å². The molecule has 4 rings (SSSR count). The lowest BCUT2D eigenvalue weighted by atomic mass is 10.1. The topological polar surface area (TPSA) is 107 Å². The van der Waals surface area contributed by atoms with Gasteiger partial charge in [0.25, 0.3) is 0 Å². The fourth-order valence-electron chi connectivity index (χ4n) is 3.65. The molecular weight excluding hydrogens is 482 g/mol. The first kappa shape index (κ1) is 25.3. The number of ether oxygens (including phenoxy) is 2.